The number of carbonyl (C=O) groups is 1. The Bertz CT molecular complexity index is 794. The average molecular weight is 380 g/mol. The Balaban J connectivity index is 1.37. The van der Waals surface area contributed by atoms with Crippen LogP contribution in [0.2, 0.25) is 0 Å². The third-order valence-electron chi connectivity index (χ3n) is 5.67. The zero-order valence-corrected chi connectivity index (χ0v) is 16.5. The molecule has 3 heterocycles. The molecule has 0 radical (unpaired) electrons. The summed E-state index contributed by atoms with van der Waals surface area (Å²) in [6, 6.07) is 11.9. The predicted octanol–water partition coefficient (Wildman–Crippen LogP) is 3.04. The second kappa shape index (κ2) is 8.50. The SMILES string of the molecule is COc1ccccc1N1CCN(C(=O)c2ccc(N3CCCCC3)nc2)CC1. The highest BCUT2D eigenvalue weighted by Gasteiger charge is 2.24. The number of benzene rings is 1. The van der Waals surface area contributed by atoms with Crippen LogP contribution in [0.25, 0.3) is 0 Å². The molecule has 1 aromatic heterocycles. The Labute approximate surface area is 166 Å². The molecule has 0 aliphatic carbocycles. The van der Waals surface area contributed by atoms with E-state index in [-0.39, 0.29) is 5.91 Å². The standard InChI is InChI=1S/C22H28N4O2/c1-28-20-8-4-3-7-19(20)24-13-15-26(16-14-24)22(27)18-9-10-21(23-17-18)25-11-5-2-6-12-25/h3-4,7-10,17H,2,5-6,11-16H2,1H3. The van der Waals surface area contributed by atoms with Crippen molar-refractivity contribution in [3.05, 3.63) is 48.2 Å². The molecule has 1 aromatic carbocycles. The van der Waals surface area contributed by atoms with Crippen LogP contribution in [0.3, 0.4) is 0 Å². The molecule has 0 bridgehead atoms. The molecule has 148 valence electrons. The van der Waals surface area contributed by atoms with Crippen LogP contribution in [0.15, 0.2) is 42.6 Å². The molecule has 6 nitrogen and oxygen atoms in total. The van der Waals surface area contributed by atoms with Crippen molar-refractivity contribution in [3.8, 4) is 5.75 Å². The number of methoxy groups -OCH3 is 1. The van der Waals surface area contributed by atoms with Crippen molar-refractivity contribution in [1.82, 2.24) is 9.88 Å². The fourth-order valence-electron chi connectivity index (χ4n) is 4.05. The summed E-state index contributed by atoms with van der Waals surface area (Å²) >= 11 is 0. The molecular weight excluding hydrogens is 352 g/mol. The van der Waals surface area contributed by atoms with Gasteiger partial charge in [0.25, 0.3) is 5.91 Å². The minimum absolute atomic E-state index is 0.0670. The van der Waals surface area contributed by atoms with Crippen LogP contribution >= 0.6 is 0 Å². The Morgan fingerprint density at radius 3 is 2.32 bits per heavy atom. The van der Waals surface area contributed by atoms with Gasteiger partial charge >= 0.3 is 0 Å². The summed E-state index contributed by atoms with van der Waals surface area (Å²) in [4.78, 5) is 23.9. The van der Waals surface area contributed by atoms with Gasteiger partial charge in [-0.15, -0.1) is 0 Å². The maximum absolute atomic E-state index is 12.9. The van der Waals surface area contributed by atoms with Gasteiger partial charge in [-0.2, -0.15) is 0 Å². The Morgan fingerprint density at radius 1 is 0.893 bits per heavy atom. The van der Waals surface area contributed by atoms with Crippen LogP contribution in [0, 0.1) is 0 Å². The van der Waals surface area contributed by atoms with E-state index in [1.54, 1.807) is 13.3 Å². The van der Waals surface area contributed by atoms with Gasteiger partial charge in [0.1, 0.15) is 11.6 Å². The molecule has 2 fully saturated rings. The van der Waals surface area contributed by atoms with Crippen molar-refractivity contribution in [2.24, 2.45) is 0 Å². The van der Waals surface area contributed by atoms with Gasteiger partial charge in [-0.3, -0.25) is 4.79 Å². The van der Waals surface area contributed by atoms with Crippen LogP contribution in [-0.2, 0) is 0 Å². The van der Waals surface area contributed by atoms with E-state index in [1.807, 2.05) is 35.2 Å². The lowest BCUT2D eigenvalue weighted by Gasteiger charge is -2.36. The van der Waals surface area contributed by atoms with Crippen LogP contribution in [0.4, 0.5) is 11.5 Å². The van der Waals surface area contributed by atoms with Crippen LogP contribution < -0.4 is 14.5 Å². The van der Waals surface area contributed by atoms with E-state index in [0.29, 0.717) is 18.7 Å². The van der Waals surface area contributed by atoms with Gasteiger partial charge in [0.15, 0.2) is 0 Å². The third-order valence-corrected chi connectivity index (χ3v) is 5.67. The number of rotatable bonds is 4. The second-order valence-electron chi connectivity index (χ2n) is 7.40. The quantitative estimate of drug-likeness (QED) is 0.816. The molecule has 0 N–H and O–H groups in total. The zero-order valence-electron chi connectivity index (χ0n) is 16.5. The summed E-state index contributed by atoms with van der Waals surface area (Å²) in [5.74, 6) is 1.93. The number of nitrogens with zero attached hydrogens (tertiary/aromatic N) is 4. The summed E-state index contributed by atoms with van der Waals surface area (Å²) < 4.78 is 5.47. The number of para-hydroxylation sites is 2. The van der Waals surface area contributed by atoms with Crippen LogP contribution in [0.5, 0.6) is 5.75 Å². The molecule has 4 rings (SSSR count). The first-order valence-corrected chi connectivity index (χ1v) is 10.1. The molecule has 0 unspecified atom stereocenters. The van der Waals surface area contributed by atoms with E-state index in [0.717, 1.165) is 43.4 Å². The largest absolute Gasteiger partial charge is 0.495 e. The van der Waals surface area contributed by atoms with Gasteiger partial charge in [-0.05, 0) is 43.5 Å². The number of aromatic nitrogens is 1. The number of hydrogen-bond acceptors (Lipinski definition) is 5. The van der Waals surface area contributed by atoms with Gasteiger partial charge in [0, 0.05) is 45.5 Å². The summed E-state index contributed by atoms with van der Waals surface area (Å²) in [5, 5.41) is 0. The van der Waals surface area contributed by atoms with Crippen LogP contribution in [-0.4, -0.2) is 62.2 Å². The topological polar surface area (TPSA) is 48.9 Å². The second-order valence-corrected chi connectivity index (χ2v) is 7.40. The Kier molecular flexibility index (Phi) is 5.65. The minimum Gasteiger partial charge on any atom is -0.495 e. The highest BCUT2D eigenvalue weighted by molar-refractivity contribution is 5.94. The van der Waals surface area contributed by atoms with E-state index < -0.39 is 0 Å². The smallest absolute Gasteiger partial charge is 0.255 e. The number of anilines is 2. The normalized spacial score (nSPS) is 17.5. The highest BCUT2D eigenvalue weighted by atomic mass is 16.5. The fourth-order valence-corrected chi connectivity index (χ4v) is 4.05. The average Bonchev–Trinajstić information content (AvgIpc) is 2.79. The lowest BCUT2D eigenvalue weighted by atomic mass is 10.1. The number of amides is 1. The zero-order chi connectivity index (χ0) is 19.3. The molecule has 1 amide bonds. The van der Waals surface area contributed by atoms with Gasteiger partial charge in [0.2, 0.25) is 0 Å². The minimum atomic E-state index is 0.0670. The van der Waals surface area contributed by atoms with Gasteiger partial charge < -0.3 is 19.4 Å². The number of piperidine rings is 1. The monoisotopic (exact) mass is 380 g/mol. The predicted molar refractivity (Wildman–Crippen MR) is 111 cm³/mol. The third kappa shape index (κ3) is 3.91. The Morgan fingerprint density at radius 2 is 1.64 bits per heavy atom. The van der Waals surface area contributed by atoms with E-state index in [1.165, 1.54) is 19.3 Å². The number of hydrogen-bond donors (Lipinski definition) is 0. The van der Waals surface area contributed by atoms with Crippen molar-refractivity contribution < 1.29 is 9.53 Å². The maximum atomic E-state index is 12.9. The number of ether oxygens (including phenoxy) is 1. The van der Waals surface area contributed by atoms with E-state index in [4.69, 9.17) is 4.74 Å². The van der Waals surface area contributed by atoms with Gasteiger partial charge in [0.05, 0.1) is 18.4 Å². The maximum Gasteiger partial charge on any atom is 0.255 e. The molecule has 6 heteroatoms. The first kappa shape index (κ1) is 18.6. The number of pyridine rings is 1. The number of piperazine rings is 1. The summed E-state index contributed by atoms with van der Waals surface area (Å²) in [5.41, 5.74) is 1.76. The lowest BCUT2D eigenvalue weighted by Crippen LogP contribution is -2.48. The van der Waals surface area contributed by atoms with E-state index >= 15 is 0 Å². The van der Waals surface area contributed by atoms with Gasteiger partial charge in [-0.25, -0.2) is 4.98 Å². The van der Waals surface area contributed by atoms with E-state index in [2.05, 4.69) is 20.9 Å². The van der Waals surface area contributed by atoms with Crippen molar-refractivity contribution in [1.29, 1.82) is 0 Å². The molecule has 2 saturated heterocycles. The fraction of sp³-hybridized carbons (Fsp3) is 0.455. The number of carbonyl (C=O) groups excluding carboxylic acids is 1. The summed E-state index contributed by atoms with van der Waals surface area (Å²) in [6.45, 7) is 5.11. The molecule has 28 heavy (non-hydrogen) atoms. The van der Waals surface area contributed by atoms with Crippen molar-refractivity contribution >= 4 is 17.4 Å². The molecule has 0 saturated carbocycles. The lowest BCUT2D eigenvalue weighted by molar-refractivity contribution is 0.0746. The van der Waals surface area contributed by atoms with Crippen molar-refractivity contribution in [2.75, 3.05) is 56.2 Å². The first-order chi connectivity index (χ1) is 13.8. The van der Waals surface area contributed by atoms with E-state index in [9.17, 15) is 4.79 Å². The molecule has 2 aliphatic heterocycles. The van der Waals surface area contributed by atoms with Crippen molar-refractivity contribution in [2.45, 2.75) is 19.3 Å². The Hall–Kier alpha value is -2.76. The van der Waals surface area contributed by atoms with Crippen LogP contribution in [0.1, 0.15) is 29.6 Å². The molecule has 0 spiro atoms. The van der Waals surface area contributed by atoms with Gasteiger partial charge in [-0.1, -0.05) is 12.1 Å². The molecular formula is C22H28N4O2. The summed E-state index contributed by atoms with van der Waals surface area (Å²) in [6.07, 6.45) is 5.48. The van der Waals surface area contributed by atoms with Crippen molar-refractivity contribution in [3.63, 3.8) is 0 Å². The molecule has 2 aliphatic rings. The highest BCUT2D eigenvalue weighted by Crippen LogP contribution is 2.28. The molecule has 2 aromatic rings. The summed E-state index contributed by atoms with van der Waals surface area (Å²) in [7, 11) is 1.69. The first-order valence-electron chi connectivity index (χ1n) is 10.1. The molecule has 0 atom stereocenters.